The lowest BCUT2D eigenvalue weighted by Gasteiger charge is -2.09. The Balaban J connectivity index is 1.77. The fraction of sp³-hybridized carbons (Fsp3) is 0.0625. The van der Waals surface area contributed by atoms with E-state index >= 15 is 0 Å². The Bertz CT molecular complexity index is 842. The molecule has 122 valence electrons. The molecule has 0 spiro atoms. The molecule has 8 heteroatoms. The van der Waals surface area contributed by atoms with Crippen LogP contribution in [-0.4, -0.2) is 22.3 Å². The second-order valence-electron chi connectivity index (χ2n) is 4.77. The summed E-state index contributed by atoms with van der Waals surface area (Å²) in [5.41, 5.74) is 1.45. The van der Waals surface area contributed by atoms with Crippen molar-refractivity contribution >= 4 is 46.3 Å². The van der Waals surface area contributed by atoms with Gasteiger partial charge in [0.05, 0.1) is 24.0 Å². The molecule has 1 aromatic heterocycles. The fourth-order valence-corrected chi connectivity index (χ4v) is 2.29. The number of hydrogen-bond acceptors (Lipinski definition) is 6. The molecular formula is C16H13Cl2N5O. The van der Waals surface area contributed by atoms with Gasteiger partial charge in [-0.25, -0.2) is 0 Å². The highest BCUT2D eigenvalue weighted by atomic mass is 35.5. The minimum Gasteiger partial charge on any atom is -0.497 e. The number of anilines is 4. The quantitative estimate of drug-likeness (QED) is 0.687. The number of ether oxygens (including phenoxy) is 1. The standard InChI is InChI=1S/C16H13Cl2N5O/c1-24-12-5-3-11(4-6-12)20-15-9-19-23-16(22-15)21-14-8-10(17)2-7-13(14)18/h2-9H,1H3,(H2,20,21,22,23). The van der Waals surface area contributed by atoms with Crippen LogP contribution in [0.25, 0.3) is 0 Å². The second-order valence-corrected chi connectivity index (χ2v) is 5.61. The Kier molecular flexibility index (Phi) is 4.98. The lowest BCUT2D eigenvalue weighted by atomic mass is 10.3. The third-order valence-electron chi connectivity index (χ3n) is 3.10. The first-order valence-electron chi connectivity index (χ1n) is 6.97. The normalized spacial score (nSPS) is 10.3. The van der Waals surface area contributed by atoms with Crippen molar-refractivity contribution in [1.82, 2.24) is 15.2 Å². The van der Waals surface area contributed by atoms with Gasteiger partial charge in [0.2, 0.25) is 5.95 Å². The molecular weight excluding hydrogens is 349 g/mol. The monoisotopic (exact) mass is 361 g/mol. The fourth-order valence-electron chi connectivity index (χ4n) is 1.95. The first-order valence-corrected chi connectivity index (χ1v) is 7.72. The third kappa shape index (κ3) is 4.04. The van der Waals surface area contributed by atoms with Crippen LogP contribution in [0, 0.1) is 0 Å². The molecule has 0 radical (unpaired) electrons. The maximum Gasteiger partial charge on any atom is 0.249 e. The van der Waals surface area contributed by atoms with Crippen LogP contribution in [0.1, 0.15) is 0 Å². The van der Waals surface area contributed by atoms with E-state index < -0.39 is 0 Å². The van der Waals surface area contributed by atoms with Crippen LogP contribution in [0.15, 0.2) is 48.7 Å². The summed E-state index contributed by atoms with van der Waals surface area (Å²) < 4.78 is 5.13. The third-order valence-corrected chi connectivity index (χ3v) is 3.66. The zero-order chi connectivity index (χ0) is 16.9. The van der Waals surface area contributed by atoms with E-state index in [9.17, 15) is 0 Å². The SMILES string of the molecule is COc1ccc(Nc2cnnc(Nc3cc(Cl)ccc3Cl)n2)cc1. The smallest absolute Gasteiger partial charge is 0.249 e. The van der Waals surface area contributed by atoms with E-state index in [-0.39, 0.29) is 0 Å². The molecule has 0 fully saturated rings. The predicted molar refractivity (Wildman–Crippen MR) is 95.8 cm³/mol. The van der Waals surface area contributed by atoms with Crippen LogP contribution >= 0.6 is 23.2 Å². The molecule has 0 amide bonds. The van der Waals surface area contributed by atoms with Gasteiger partial charge in [-0.2, -0.15) is 10.1 Å². The summed E-state index contributed by atoms with van der Waals surface area (Å²) in [6.45, 7) is 0. The average molecular weight is 362 g/mol. The van der Waals surface area contributed by atoms with E-state index in [0.29, 0.717) is 27.5 Å². The van der Waals surface area contributed by atoms with Crippen LogP contribution in [0.2, 0.25) is 10.0 Å². The van der Waals surface area contributed by atoms with Gasteiger partial charge in [-0.05, 0) is 42.5 Å². The molecule has 2 N–H and O–H groups in total. The van der Waals surface area contributed by atoms with E-state index in [1.165, 1.54) is 6.20 Å². The van der Waals surface area contributed by atoms with E-state index in [1.54, 1.807) is 25.3 Å². The van der Waals surface area contributed by atoms with Crippen LogP contribution in [0.4, 0.5) is 23.1 Å². The van der Waals surface area contributed by atoms with Gasteiger partial charge in [0.15, 0.2) is 5.82 Å². The van der Waals surface area contributed by atoms with E-state index in [4.69, 9.17) is 27.9 Å². The maximum absolute atomic E-state index is 6.12. The van der Waals surface area contributed by atoms with E-state index in [0.717, 1.165) is 11.4 Å². The number of nitrogens with one attached hydrogen (secondary N) is 2. The first kappa shape index (κ1) is 16.3. The molecule has 3 aromatic rings. The molecule has 24 heavy (non-hydrogen) atoms. The molecule has 0 unspecified atom stereocenters. The van der Waals surface area contributed by atoms with Crippen molar-refractivity contribution in [3.8, 4) is 5.75 Å². The van der Waals surface area contributed by atoms with Gasteiger partial charge in [0.25, 0.3) is 0 Å². The molecule has 2 aromatic carbocycles. The molecule has 0 aliphatic heterocycles. The van der Waals surface area contributed by atoms with Crippen LogP contribution < -0.4 is 15.4 Å². The topological polar surface area (TPSA) is 72.0 Å². The lowest BCUT2D eigenvalue weighted by Crippen LogP contribution is -2.02. The molecule has 0 saturated carbocycles. The maximum atomic E-state index is 6.12. The Morgan fingerprint density at radius 2 is 1.79 bits per heavy atom. The highest BCUT2D eigenvalue weighted by Crippen LogP contribution is 2.27. The van der Waals surface area contributed by atoms with E-state index in [2.05, 4.69) is 25.8 Å². The number of hydrogen-bond donors (Lipinski definition) is 2. The van der Waals surface area contributed by atoms with Gasteiger partial charge in [-0.3, -0.25) is 0 Å². The summed E-state index contributed by atoms with van der Waals surface area (Å²) in [4.78, 5) is 4.35. The molecule has 0 saturated heterocycles. The molecule has 6 nitrogen and oxygen atoms in total. The molecule has 0 aliphatic carbocycles. The number of rotatable bonds is 5. The van der Waals surface area contributed by atoms with E-state index in [1.807, 2.05) is 24.3 Å². The highest BCUT2D eigenvalue weighted by molar-refractivity contribution is 6.35. The second kappa shape index (κ2) is 7.33. The lowest BCUT2D eigenvalue weighted by molar-refractivity contribution is 0.415. The number of aromatic nitrogens is 3. The Labute approximate surface area is 148 Å². The molecule has 1 heterocycles. The summed E-state index contributed by atoms with van der Waals surface area (Å²) in [6, 6.07) is 12.5. The zero-order valence-electron chi connectivity index (χ0n) is 12.6. The Morgan fingerprint density at radius 1 is 1.00 bits per heavy atom. The van der Waals surface area contributed by atoms with Gasteiger partial charge in [0.1, 0.15) is 5.75 Å². The van der Waals surface area contributed by atoms with Crippen molar-refractivity contribution in [3.05, 3.63) is 58.7 Å². The van der Waals surface area contributed by atoms with Crippen molar-refractivity contribution in [2.24, 2.45) is 0 Å². The van der Waals surface area contributed by atoms with Gasteiger partial charge in [-0.1, -0.05) is 23.2 Å². The van der Waals surface area contributed by atoms with Gasteiger partial charge >= 0.3 is 0 Å². The Morgan fingerprint density at radius 3 is 2.54 bits per heavy atom. The minimum absolute atomic E-state index is 0.303. The van der Waals surface area contributed by atoms with Crippen molar-refractivity contribution in [3.63, 3.8) is 0 Å². The molecule has 0 atom stereocenters. The molecule has 0 bridgehead atoms. The summed E-state index contributed by atoms with van der Waals surface area (Å²) in [5, 5.41) is 15.1. The average Bonchev–Trinajstić information content (AvgIpc) is 2.59. The number of nitrogens with zero attached hydrogens (tertiary/aromatic N) is 3. The summed E-state index contributed by atoms with van der Waals surface area (Å²) in [5.74, 6) is 1.62. The highest BCUT2D eigenvalue weighted by Gasteiger charge is 2.06. The first-order chi connectivity index (χ1) is 11.6. The van der Waals surface area contributed by atoms with Crippen molar-refractivity contribution in [2.45, 2.75) is 0 Å². The van der Waals surface area contributed by atoms with Crippen molar-refractivity contribution in [2.75, 3.05) is 17.7 Å². The molecule has 0 aliphatic rings. The number of methoxy groups -OCH3 is 1. The minimum atomic E-state index is 0.303. The number of halogens is 2. The van der Waals surface area contributed by atoms with Gasteiger partial charge < -0.3 is 15.4 Å². The molecule has 3 rings (SSSR count). The Hall–Kier alpha value is -2.57. The predicted octanol–water partition coefficient (Wildman–Crippen LogP) is 4.67. The summed E-state index contributed by atoms with van der Waals surface area (Å²) in [7, 11) is 1.62. The zero-order valence-corrected chi connectivity index (χ0v) is 14.1. The van der Waals surface area contributed by atoms with Gasteiger partial charge in [0, 0.05) is 10.7 Å². The largest absolute Gasteiger partial charge is 0.497 e. The van der Waals surface area contributed by atoms with Crippen LogP contribution in [0.3, 0.4) is 0 Å². The summed E-state index contributed by atoms with van der Waals surface area (Å²) >= 11 is 12.1. The summed E-state index contributed by atoms with van der Waals surface area (Å²) in [6.07, 6.45) is 1.52. The van der Waals surface area contributed by atoms with Crippen LogP contribution in [0.5, 0.6) is 5.75 Å². The number of benzene rings is 2. The van der Waals surface area contributed by atoms with Crippen molar-refractivity contribution in [1.29, 1.82) is 0 Å². The van der Waals surface area contributed by atoms with Crippen LogP contribution in [-0.2, 0) is 0 Å². The van der Waals surface area contributed by atoms with Gasteiger partial charge in [-0.15, -0.1) is 5.10 Å². The van der Waals surface area contributed by atoms with Crippen molar-refractivity contribution < 1.29 is 4.74 Å².